The van der Waals surface area contributed by atoms with E-state index in [4.69, 9.17) is 5.73 Å². The van der Waals surface area contributed by atoms with E-state index in [0.717, 1.165) is 14.3 Å². The summed E-state index contributed by atoms with van der Waals surface area (Å²) in [6, 6.07) is 13.3. The number of halogens is 1. The Kier molecular flexibility index (Phi) is 5.66. The lowest BCUT2D eigenvalue weighted by molar-refractivity contribution is -0.116. The largest absolute Gasteiger partial charge is 0.368 e. The van der Waals surface area contributed by atoms with Gasteiger partial charge in [0, 0.05) is 4.47 Å². The Balaban J connectivity index is 2.47. The smallest absolute Gasteiger partial charge is 0.264 e. The van der Waals surface area contributed by atoms with Crippen molar-refractivity contribution in [1.29, 1.82) is 0 Å². The molecule has 0 fully saturated rings. The quantitative estimate of drug-likeness (QED) is 0.793. The van der Waals surface area contributed by atoms with Crippen LogP contribution in [0.4, 0.5) is 5.69 Å². The van der Waals surface area contributed by atoms with Crippen molar-refractivity contribution in [2.75, 3.05) is 10.8 Å². The SMILES string of the molecule is CC(C)c1ccc(N(CC(N)=O)S(=O)(=O)c2ccc(Br)cc2)cc1. The van der Waals surface area contributed by atoms with Crippen LogP contribution in [0.3, 0.4) is 0 Å². The van der Waals surface area contributed by atoms with E-state index in [1.54, 1.807) is 24.3 Å². The summed E-state index contributed by atoms with van der Waals surface area (Å²) in [5, 5.41) is 0. The lowest BCUT2D eigenvalue weighted by Crippen LogP contribution is -2.38. The molecule has 128 valence electrons. The number of nitrogens with two attached hydrogens (primary N) is 1. The van der Waals surface area contributed by atoms with E-state index in [0.29, 0.717) is 11.6 Å². The van der Waals surface area contributed by atoms with Crippen LogP contribution in [0, 0.1) is 0 Å². The highest BCUT2D eigenvalue weighted by Crippen LogP contribution is 2.26. The third-order valence-electron chi connectivity index (χ3n) is 3.55. The van der Waals surface area contributed by atoms with Crippen LogP contribution in [0.5, 0.6) is 0 Å². The van der Waals surface area contributed by atoms with Crippen molar-refractivity contribution in [2.24, 2.45) is 5.73 Å². The molecular weight excluding hydrogens is 392 g/mol. The van der Waals surface area contributed by atoms with Crippen molar-refractivity contribution in [2.45, 2.75) is 24.7 Å². The van der Waals surface area contributed by atoms with Gasteiger partial charge in [0.15, 0.2) is 0 Å². The van der Waals surface area contributed by atoms with Crippen molar-refractivity contribution in [3.8, 4) is 0 Å². The van der Waals surface area contributed by atoms with Crippen molar-refractivity contribution in [3.63, 3.8) is 0 Å². The number of benzene rings is 2. The monoisotopic (exact) mass is 410 g/mol. The van der Waals surface area contributed by atoms with E-state index >= 15 is 0 Å². The molecule has 0 saturated carbocycles. The summed E-state index contributed by atoms with van der Waals surface area (Å²) in [4.78, 5) is 11.5. The fourth-order valence-electron chi connectivity index (χ4n) is 2.22. The third-order valence-corrected chi connectivity index (χ3v) is 5.87. The summed E-state index contributed by atoms with van der Waals surface area (Å²) in [6.07, 6.45) is 0. The van der Waals surface area contributed by atoms with Gasteiger partial charge in [0.25, 0.3) is 10.0 Å². The minimum Gasteiger partial charge on any atom is -0.368 e. The Hall–Kier alpha value is -1.86. The molecule has 0 atom stereocenters. The predicted octanol–water partition coefficient (Wildman–Crippen LogP) is 3.25. The minimum atomic E-state index is -3.89. The Bertz CT molecular complexity index is 816. The molecule has 0 unspecified atom stereocenters. The van der Waals surface area contributed by atoms with Gasteiger partial charge in [-0.05, 0) is 47.9 Å². The van der Waals surface area contributed by atoms with E-state index < -0.39 is 22.5 Å². The molecule has 0 aliphatic rings. The number of hydrogen-bond acceptors (Lipinski definition) is 3. The number of nitrogens with zero attached hydrogens (tertiary/aromatic N) is 1. The van der Waals surface area contributed by atoms with Gasteiger partial charge in [0.2, 0.25) is 5.91 Å². The first-order valence-electron chi connectivity index (χ1n) is 7.38. The number of carbonyl (C=O) groups is 1. The van der Waals surface area contributed by atoms with Gasteiger partial charge in [-0.3, -0.25) is 9.10 Å². The van der Waals surface area contributed by atoms with Gasteiger partial charge in [-0.25, -0.2) is 8.42 Å². The van der Waals surface area contributed by atoms with Gasteiger partial charge in [0.05, 0.1) is 10.6 Å². The fourth-order valence-corrected chi connectivity index (χ4v) is 3.91. The van der Waals surface area contributed by atoms with E-state index in [2.05, 4.69) is 29.8 Å². The fraction of sp³-hybridized carbons (Fsp3) is 0.235. The number of primary amides is 1. The summed E-state index contributed by atoms with van der Waals surface area (Å²) >= 11 is 3.27. The molecule has 1 amide bonds. The minimum absolute atomic E-state index is 0.0971. The van der Waals surface area contributed by atoms with Crippen LogP contribution in [0.2, 0.25) is 0 Å². The molecule has 5 nitrogen and oxygen atoms in total. The first kappa shape index (κ1) is 18.5. The van der Waals surface area contributed by atoms with Crippen LogP contribution in [-0.2, 0) is 14.8 Å². The molecule has 0 radical (unpaired) electrons. The molecule has 0 aromatic heterocycles. The van der Waals surface area contributed by atoms with Crippen molar-refractivity contribution < 1.29 is 13.2 Å². The Morgan fingerprint density at radius 3 is 2.08 bits per heavy atom. The summed E-state index contributed by atoms with van der Waals surface area (Å²) in [6.45, 7) is 3.68. The Labute approximate surface area is 150 Å². The predicted molar refractivity (Wildman–Crippen MR) is 98.4 cm³/mol. The van der Waals surface area contributed by atoms with Crippen LogP contribution in [0.15, 0.2) is 57.9 Å². The third kappa shape index (κ3) is 4.15. The van der Waals surface area contributed by atoms with Crippen molar-refractivity contribution in [1.82, 2.24) is 0 Å². The Morgan fingerprint density at radius 1 is 1.08 bits per heavy atom. The summed E-state index contributed by atoms with van der Waals surface area (Å²) in [5.74, 6) is -0.393. The highest BCUT2D eigenvalue weighted by Gasteiger charge is 2.26. The molecular formula is C17H19BrN2O3S. The van der Waals surface area contributed by atoms with Gasteiger partial charge in [-0.15, -0.1) is 0 Å². The van der Waals surface area contributed by atoms with Crippen molar-refractivity contribution in [3.05, 3.63) is 58.6 Å². The molecule has 7 heteroatoms. The molecule has 0 bridgehead atoms. The second-order valence-electron chi connectivity index (χ2n) is 5.68. The lowest BCUT2D eigenvalue weighted by atomic mass is 10.0. The molecule has 2 rings (SSSR count). The molecule has 2 N–H and O–H groups in total. The zero-order chi connectivity index (χ0) is 17.9. The topological polar surface area (TPSA) is 80.5 Å². The zero-order valence-corrected chi connectivity index (χ0v) is 15.8. The molecule has 0 saturated heterocycles. The van der Waals surface area contributed by atoms with Crippen LogP contribution in [0.25, 0.3) is 0 Å². The van der Waals surface area contributed by atoms with Gasteiger partial charge >= 0.3 is 0 Å². The number of rotatable bonds is 6. The second kappa shape index (κ2) is 7.36. The standard InChI is InChI=1S/C17H19BrN2O3S/c1-12(2)13-3-7-15(8-4-13)20(11-17(19)21)24(22,23)16-9-5-14(18)6-10-16/h3-10,12H,11H2,1-2H3,(H2,19,21). The maximum Gasteiger partial charge on any atom is 0.264 e. The van der Waals surface area contributed by atoms with Gasteiger partial charge in [-0.2, -0.15) is 0 Å². The van der Waals surface area contributed by atoms with Crippen LogP contribution >= 0.6 is 15.9 Å². The number of anilines is 1. The molecule has 2 aromatic carbocycles. The molecule has 0 heterocycles. The lowest BCUT2D eigenvalue weighted by Gasteiger charge is -2.23. The number of amides is 1. The maximum atomic E-state index is 12.9. The zero-order valence-electron chi connectivity index (χ0n) is 13.4. The number of hydrogen-bond donors (Lipinski definition) is 1. The van der Waals surface area contributed by atoms with Crippen LogP contribution in [-0.4, -0.2) is 20.9 Å². The number of sulfonamides is 1. The summed E-state index contributed by atoms with van der Waals surface area (Å²) in [7, 11) is -3.89. The average Bonchev–Trinajstić information content (AvgIpc) is 2.53. The number of carbonyl (C=O) groups excluding carboxylic acids is 1. The summed E-state index contributed by atoms with van der Waals surface area (Å²) in [5.41, 5.74) is 6.74. The van der Waals surface area contributed by atoms with E-state index in [9.17, 15) is 13.2 Å². The summed E-state index contributed by atoms with van der Waals surface area (Å²) < 4.78 is 27.6. The highest BCUT2D eigenvalue weighted by atomic mass is 79.9. The van der Waals surface area contributed by atoms with Crippen LogP contribution in [0.1, 0.15) is 25.3 Å². The maximum absolute atomic E-state index is 12.9. The van der Waals surface area contributed by atoms with E-state index in [1.807, 2.05) is 12.1 Å². The van der Waals surface area contributed by atoms with Crippen molar-refractivity contribution >= 4 is 37.5 Å². The van der Waals surface area contributed by atoms with Crippen LogP contribution < -0.4 is 10.0 Å². The molecule has 0 aliphatic carbocycles. The molecule has 0 aliphatic heterocycles. The molecule has 24 heavy (non-hydrogen) atoms. The second-order valence-corrected chi connectivity index (χ2v) is 8.46. The highest BCUT2D eigenvalue weighted by molar-refractivity contribution is 9.10. The van der Waals surface area contributed by atoms with Gasteiger partial charge in [-0.1, -0.05) is 41.9 Å². The van der Waals surface area contributed by atoms with Gasteiger partial charge < -0.3 is 5.73 Å². The van der Waals surface area contributed by atoms with E-state index in [1.165, 1.54) is 12.1 Å². The van der Waals surface area contributed by atoms with E-state index in [-0.39, 0.29) is 4.90 Å². The normalized spacial score (nSPS) is 11.5. The average molecular weight is 411 g/mol. The molecule has 0 spiro atoms. The molecule has 2 aromatic rings. The van der Waals surface area contributed by atoms with Gasteiger partial charge in [0.1, 0.15) is 6.54 Å². The first-order valence-corrected chi connectivity index (χ1v) is 9.61. The Morgan fingerprint density at radius 2 is 1.62 bits per heavy atom. The first-order chi connectivity index (χ1) is 11.2.